The first kappa shape index (κ1) is 18.0. The third kappa shape index (κ3) is 4.34. The van der Waals surface area contributed by atoms with Crippen molar-refractivity contribution in [3.8, 4) is 0 Å². The van der Waals surface area contributed by atoms with Crippen molar-refractivity contribution < 1.29 is 9.59 Å². The number of hydrogen-bond donors (Lipinski definition) is 2. The Morgan fingerprint density at radius 2 is 1.92 bits per heavy atom. The minimum absolute atomic E-state index is 0.230. The van der Waals surface area contributed by atoms with Gasteiger partial charge in [0.25, 0.3) is 11.8 Å². The molecule has 0 spiro atoms. The standard InChI is InChI=1S/C18H26N4O2/c1-12(2)9-10-19-17(24)15-20-14(16(23)21-18(3,4)5)13-8-6-7-11-22(13)15/h6-8,11-12H,9-10H2,1-5H3,(H,19,24)(H,21,23). The van der Waals surface area contributed by atoms with Crippen molar-refractivity contribution in [2.75, 3.05) is 6.54 Å². The molecule has 24 heavy (non-hydrogen) atoms. The van der Waals surface area contributed by atoms with E-state index in [0.29, 0.717) is 18.0 Å². The zero-order valence-electron chi connectivity index (χ0n) is 15.0. The first-order chi connectivity index (χ1) is 11.2. The summed E-state index contributed by atoms with van der Waals surface area (Å²) in [6.07, 6.45) is 2.64. The molecule has 2 rings (SSSR count). The highest BCUT2D eigenvalue weighted by Gasteiger charge is 2.23. The van der Waals surface area contributed by atoms with Crippen LogP contribution in [0.25, 0.3) is 5.52 Å². The van der Waals surface area contributed by atoms with Crippen LogP contribution in [0.3, 0.4) is 0 Å². The lowest BCUT2D eigenvalue weighted by molar-refractivity contribution is 0.0916. The average Bonchev–Trinajstić information content (AvgIpc) is 2.84. The summed E-state index contributed by atoms with van der Waals surface area (Å²) in [7, 11) is 0. The Kier molecular flexibility index (Phi) is 5.26. The van der Waals surface area contributed by atoms with Gasteiger partial charge in [-0.15, -0.1) is 0 Å². The topological polar surface area (TPSA) is 75.5 Å². The summed E-state index contributed by atoms with van der Waals surface area (Å²) in [6.45, 7) is 10.5. The van der Waals surface area contributed by atoms with E-state index in [1.54, 1.807) is 16.7 Å². The van der Waals surface area contributed by atoms with Crippen LogP contribution in [0.15, 0.2) is 24.4 Å². The van der Waals surface area contributed by atoms with Crippen LogP contribution >= 0.6 is 0 Å². The molecule has 0 unspecified atom stereocenters. The van der Waals surface area contributed by atoms with Crippen molar-refractivity contribution in [3.05, 3.63) is 35.9 Å². The molecule has 0 fully saturated rings. The third-order valence-corrected chi connectivity index (χ3v) is 3.46. The number of carbonyl (C=O) groups excluding carboxylic acids is 2. The molecule has 6 nitrogen and oxygen atoms in total. The summed E-state index contributed by atoms with van der Waals surface area (Å²) in [5.41, 5.74) is 0.509. The van der Waals surface area contributed by atoms with Gasteiger partial charge in [-0.1, -0.05) is 19.9 Å². The van der Waals surface area contributed by atoms with E-state index in [-0.39, 0.29) is 28.9 Å². The lowest BCUT2D eigenvalue weighted by Crippen LogP contribution is -2.40. The number of nitrogens with zero attached hydrogens (tertiary/aromatic N) is 2. The van der Waals surface area contributed by atoms with Gasteiger partial charge in [-0.3, -0.25) is 14.0 Å². The highest BCUT2D eigenvalue weighted by molar-refractivity contribution is 6.02. The lowest BCUT2D eigenvalue weighted by atomic mass is 10.1. The number of nitrogens with one attached hydrogen (secondary N) is 2. The Morgan fingerprint density at radius 3 is 2.54 bits per heavy atom. The van der Waals surface area contributed by atoms with Gasteiger partial charge in [0.1, 0.15) is 0 Å². The maximum atomic E-state index is 12.5. The second kappa shape index (κ2) is 7.03. The van der Waals surface area contributed by atoms with Crippen LogP contribution in [-0.2, 0) is 0 Å². The third-order valence-electron chi connectivity index (χ3n) is 3.46. The summed E-state index contributed by atoms with van der Waals surface area (Å²) in [6, 6.07) is 5.42. The highest BCUT2D eigenvalue weighted by Crippen LogP contribution is 2.14. The fourth-order valence-electron chi connectivity index (χ4n) is 2.32. The van der Waals surface area contributed by atoms with E-state index in [9.17, 15) is 9.59 Å². The Balaban J connectivity index is 2.31. The van der Waals surface area contributed by atoms with Gasteiger partial charge in [-0.2, -0.15) is 0 Å². The van der Waals surface area contributed by atoms with Crippen LogP contribution in [0.1, 0.15) is 62.1 Å². The number of fused-ring (bicyclic) bond motifs is 1. The Morgan fingerprint density at radius 1 is 1.21 bits per heavy atom. The number of amides is 2. The number of hydrogen-bond acceptors (Lipinski definition) is 3. The predicted molar refractivity (Wildman–Crippen MR) is 94.2 cm³/mol. The van der Waals surface area contributed by atoms with Crippen molar-refractivity contribution in [2.45, 2.75) is 46.6 Å². The zero-order valence-corrected chi connectivity index (χ0v) is 15.0. The summed E-state index contributed by atoms with van der Waals surface area (Å²) >= 11 is 0. The van der Waals surface area contributed by atoms with Crippen LogP contribution in [0, 0.1) is 5.92 Å². The maximum absolute atomic E-state index is 12.5. The maximum Gasteiger partial charge on any atom is 0.287 e. The molecule has 2 aromatic heterocycles. The SMILES string of the molecule is CC(C)CCNC(=O)c1nc(C(=O)NC(C)(C)C)c2ccccn12. The van der Waals surface area contributed by atoms with Crippen molar-refractivity contribution in [1.82, 2.24) is 20.0 Å². The van der Waals surface area contributed by atoms with Gasteiger partial charge in [0.15, 0.2) is 5.69 Å². The number of rotatable bonds is 5. The molecule has 0 radical (unpaired) electrons. The normalized spacial score (nSPS) is 11.8. The summed E-state index contributed by atoms with van der Waals surface area (Å²) in [5.74, 6) is 0.183. The van der Waals surface area contributed by atoms with Crippen LogP contribution in [0.2, 0.25) is 0 Å². The van der Waals surface area contributed by atoms with Gasteiger partial charge in [-0.05, 0) is 45.2 Å². The quantitative estimate of drug-likeness (QED) is 0.885. The molecule has 0 atom stereocenters. The monoisotopic (exact) mass is 330 g/mol. The zero-order chi connectivity index (χ0) is 17.9. The fraction of sp³-hybridized carbons (Fsp3) is 0.500. The first-order valence-corrected chi connectivity index (χ1v) is 8.27. The van der Waals surface area contributed by atoms with Crippen molar-refractivity contribution in [2.24, 2.45) is 5.92 Å². The van der Waals surface area contributed by atoms with Crippen LogP contribution in [0.5, 0.6) is 0 Å². The molecule has 2 aromatic rings. The Labute approximate surface area is 142 Å². The van der Waals surface area contributed by atoms with Crippen molar-refractivity contribution in [1.29, 1.82) is 0 Å². The minimum Gasteiger partial charge on any atom is -0.349 e. The summed E-state index contributed by atoms with van der Waals surface area (Å²) in [5, 5.41) is 5.76. The van der Waals surface area contributed by atoms with E-state index in [4.69, 9.17) is 0 Å². The molecule has 0 aliphatic rings. The molecule has 0 saturated carbocycles. The second-order valence-electron chi connectivity index (χ2n) is 7.38. The molecular formula is C18H26N4O2. The van der Waals surface area contributed by atoms with Crippen LogP contribution in [0.4, 0.5) is 0 Å². The number of pyridine rings is 1. The molecular weight excluding hydrogens is 304 g/mol. The highest BCUT2D eigenvalue weighted by atomic mass is 16.2. The van der Waals surface area contributed by atoms with E-state index < -0.39 is 0 Å². The summed E-state index contributed by atoms with van der Waals surface area (Å²) < 4.78 is 1.66. The molecule has 2 N–H and O–H groups in total. The van der Waals surface area contributed by atoms with Gasteiger partial charge in [-0.25, -0.2) is 4.98 Å². The predicted octanol–water partition coefficient (Wildman–Crippen LogP) is 2.64. The molecule has 6 heteroatoms. The van der Waals surface area contributed by atoms with E-state index in [1.807, 2.05) is 32.9 Å². The smallest absolute Gasteiger partial charge is 0.287 e. The molecule has 0 bridgehead atoms. The molecule has 0 aromatic carbocycles. The van der Waals surface area contributed by atoms with E-state index in [0.717, 1.165) is 6.42 Å². The second-order valence-corrected chi connectivity index (χ2v) is 7.38. The van der Waals surface area contributed by atoms with E-state index in [1.165, 1.54) is 0 Å². The molecule has 0 saturated heterocycles. The van der Waals surface area contributed by atoms with Gasteiger partial charge >= 0.3 is 0 Å². The lowest BCUT2D eigenvalue weighted by Gasteiger charge is -2.19. The minimum atomic E-state index is -0.374. The molecule has 0 aliphatic heterocycles. The first-order valence-electron chi connectivity index (χ1n) is 8.27. The Bertz CT molecular complexity index is 741. The molecule has 0 aliphatic carbocycles. The van der Waals surface area contributed by atoms with E-state index >= 15 is 0 Å². The van der Waals surface area contributed by atoms with Gasteiger partial charge < -0.3 is 10.6 Å². The van der Waals surface area contributed by atoms with Gasteiger partial charge in [0, 0.05) is 18.3 Å². The largest absolute Gasteiger partial charge is 0.349 e. The van der Waals surface area contributed by atoms with Gasteiger partial charge in [0.2, 0.25) is 5.82 Å². The number of aromatic nitrogens is 2. The van der Waals surface area contributed by atoms with E-state index in [2.05, 4.69) is 29.5 Å². The summed E-state index contributed by atoms with van der Waals surface area (Å²) in [4.78, 5) is 29.2. The molecule has 2 heterocycles. The average molecular weight is 330 g/mol. The van der Waals surface area contributed by atoms with Gasteiger partial charge in [0.05, 0.1) is 5.52 Å². The van der Waals surface area contributed by atoms with Crippen molar-refractivity contribution in [3.63, 3.8) is 0 Å². The van der Waals surface area contributed by atoms with Crippen LogP contribution in [-0.4, -0.2) is 33.3 Å². The Hall–Kier alpha value is -2.37. The van der Waals surface area contributed by atoms with Crippen molar-refractivity contribution >= 4 is 17.3 Å². The molecule has 130 valence electrons. The molecule has 2 amide bonds. The van der Waals surface area contributed by atoms with Crippen LogP contribution < -0.4 is 10.6 Å². The fourth-order valence-corrected chi connectivity index (χ4v) is 2.32. The number of imidazole rings is 1. The number of carbonyl (C=O) groups is 2.